The monoisotopic (exact) mass is 267 g/mol. The van der Waals surface area contributed by atoms with Gasteiger partial charge in [0.25, 0.3) is 0 Å². The second-order valence-corrected chi connectivity index (χ2v) is 6.10. The van der Waals surface area contributed by atoms with E-state index >= 15 is 0 Å². The average molecular weight is 267 g/mol. The lowest BCUT2D eigenvalue weighted by Gasteiger charge is -2.23. The van der Waals surface area contributed by atoms with Crippen LogP contribution in [0.2, 0.25) is 0 Å². The van der Waals surface area contributed by atoms with E-state index in [2.05, 4.69) is 24.1 Å². The summed E-state index contributed by atoms with van der Waals surface area (Å²) in [5.41, 5.74) is 1.21. The molecule has 3 nitrogen and oxygen atoms in total. The molecule has 102 valence electrons. The number of rotatable bonds is 4. The Hall–Kier alpha value is -0.610. The summed E-state index contributed by atoms with van der Waals surface area (Å²) in [6, 6.07) is 0. The molecule has 1 N–H and O–H groups in total. The first-order chi connectivity index (χ1) is 8.81. The summed E-state index contributed by atoms with van der Waals surface area (Å²) in [4.78, 5) is 8.65. The predicted octanol–water partition coefficient (Wildman–Crippen LogP) is 3.33. The molecule has 0 radical (unpaired) electrons. The van der Waals surface area contributed by atoms with Gasteiger partial charge in [-0.15, -0.1) is 11.3 Å². The predicted molar refractivity (Wildman–Crippen MR) is 79.5 cm³/mol. The van der Waals surface area contributed by atoms with Gasteiger partial charge in [-0.3, -0.25) is 0 Å². The second-order valence-electron chi connectivity index (χ2n) is 5.04. The fourth-order valence-corrected chi connectivity index (χ4v) is 3.47. The highest BCUT2D eigenvalue weighted by Gasteiger charge is 2.14. The third-order valence-corrected chi connectivity index (χ3v) is 4.76. The van der Waals surface area contributed by atoms with Crippen LogP contribution >= 0.6 is 11.3 Å². The number of nitrogens with one attached hydrogen (secondary N) is 1. The molecule has 0 aromatic carbocycles. The molecule has 0 bridgehead atoms. The van der Waals surface area contributed by atoms with E-state index in [1.807, 2.05) is 11.3 Å². The Kier molecular flexibility index (Phi) is 5.45. The van der Waals surface area contributed by atoms with Crippen LogP contribution in [0.3, 0.4) is 0 Å². The van der Waals surface area contributed by atoms with Crippen molar-refractivity contribution in [3.05, 3.63) is 10.6 Å². The minimum atomic E-state index is 0.966. The van der Waals surface area contributed by atoms with Crippen LogP contribution in [-0.2, 0) is 6.54 Å². The molecular formula is C14H25N3S. The molecule has 1 aromatic rings. The number of aryl methyl sites for hydroxylation is 1. The zero-order chi connectivity index (χ0) is 12.8. The summed E-state index contributed by atoms with van der Waals surface area (Å²) in [5.74, 6) is 0. The first-order valence-electron chi connectivity index (χ1n) is 7.23. The minimum absolute atomic E-state index is 0.966. The third-order valence-electron chi connectivity index (χ3n) is 3.54. The Morgan fingerprint density at radius 2 is 1.83 bits per heavy atom. The van der Waals surface area contributed by atoms with Crippen LogP contribution in [0.1, 0.15) is 49.6 Å². The summed E-state index contributed by atoms with van der Waals surface area (Å²) in [7, 11) is 0. The maximum absolute atomic E-state index is 4.76. The van der Waals surface area contributed by atoms with Gasteiger partial charge in [0.1, 0.15) is 0 Å². The first kappa shape index (κ1) is 13.8. The Bertz CT molecular complexity index is 354. The standard InChI is InChI=1S/C14H25N3S/c1-3-15-11-13-12(2)16-14(18-13)17-9-7-5-4-6-8-10-17/h15H,3-11H2,1-2H3. The molecule has 18 heavy (non-hydrogen) atoms. The van der Waals surface area contributed by atoms with E-state index < -0.39 is 0 Å². The smallest absolute Gasteiger partial charge is 0.185 e. The Labute approximate surface area is 115 Å². The van der Waals surface area contributed by atoms with Crippen molar-refractivity contribution in [3.8, 4) is 0 Å². The highest BCUT2D eigenvalue weighted by molar-refractivity contribution is 7.15. The maximum atomic E-state index is 4.76. The van der Waals surface area contributed by atoms with Gasteiger partial charge in [0, 0.05) is 24.5 Å². The van der Waals surface area contributed by atoms with Crippen LogP contribution in [0, 0.1) is 6.92 Å². The van der Waals surface area contributed by atoms with Crippen molar-refractivity contribution in [2.24, 2.45) is 0 Å². The quantitative estimate of drug-likeness (QED) is 0.907. The van der Waals surface area contributed by atoms with E-state index in [1.165, 1.54) is 60.9 Å². The van der Waals surface area contributed by atoms with Crippen LogP contribution in [-0.4, -0.2) is 24.6 Å². The van der Waals surface area contributed by atoms with Crippen molar-refractivity contribution in [1.82, 2.24) is 10.3 Å². The molecule has 1 aliphatic heterocycles. The summed E-state index contributed by atoms with van der Waals surface area (Å²) in [5, 5.41) is 4.63. The number of nitrogens with zero attached hydrogens (tertiary/aromatic N) is 2. The lowest BCUT2D eigenvalue weighted by molar-refractivity contribution is 0.556. The summed E-state index contributed by atoms with van der Waals surface area (Å²) < 4.78 is 0. The van der Waals surface area contributed by atoms with E-state index in [0.717, 1.165) is 13.1 Å². The number of aromatic nitrogens is 1. The highest BCUT2D eigenvalue weighted by Crippen LogP contribution is 2.27. The van der Waals surface area contributed by atoms with Gasteiger partial charge in [-0.05, 0) is 26.3 Å². The molecule has 2 heterocycles. The van der Waals surface area contributed by atoms with Gasteiger partial charge in [0.15, 0.2) is 5.13 Å². The summed E-state index contributed by atoms with van der Waals surface area (Å²) >= 11 is 1.87. The van der Waals surface area contributed by atoms with E-state index in [4.69, 9.17) is 4.98 Å². The molecule has 1 saturated heterocycles. The molecule has 2 rings (SSSR count). The molecule has 0 saturated carbocycles. The zero-order valence-corrected chi connectivity index (χ0v) is 12.5. The topological polar surface area (TPSA) is 28.2 Å². The van der Waals surface area contributed by atoms with Crippen LogP contribution in [0.15, 0.2) is 0 Å². The molecule has 0 unspecified atom stereocenters. The second kappa shape index (κ2) is 7.10. The van der Waals surface area contributed by atoms with E-state index in [1.54, 1.807) is 0 Å². The molecular weight excluding hydrogens is 242 g/mol. The van der Waals surface area contributed by atoms with Gasteiger partial charge in [-0.25, -0.2) is 4.98 Å². The lowest BCUT2D eigenvalue weighted by Crippen LogP contribution is -2.26. The van der Waals surface area contributed by atoms with Gasteiger partial charge in [0.2, 0.25) is 0 Å². The van der Waals surface area contributed by atoms with Crippen LogP contribution in [0.25, 0.3) is 0 Å². The van der Waals surface area contributed by atoms with E-state index in [-0.39, 0.29) is 0 Å². The molecule has 0 aliphatic carbocycles. The highest BCUT2D eigenvalue weighted by atomic mass is 32.1. The van der Waals surface area contributed by atoms with Crippen molar-refractivity contribution in [1.29, 1.82) is 0 Å². The van der Waals surface area contributed by atoms with Gasteiger partial charge in [-0.2, -0.15) is 0 Å². The fraction of sp³-hybridized carbons (Fsp3) is 0.786. The molecule has 4 heteroatoms. The zero-order valence-electron chi connectivity index (χ0n) is 11.7. The van der Waals surface area contributed by atoms with Crippen molar-refractivity contribution in [2.75, 3.05) is 24.5 Å². The van der Waals surface area contributed by atoms with Crippen molar-refractivity contribution in [2.45, 2.75) is 52.5 Å². The molecule has 0 atom stereocenters. The molecule has 1 aromatic heterocycles. The number of hydrogen-bond acceptors (Lipinski definition) is 4. The van der Waals surface area contributed by atoms with Crippen LogP contribution in [0.4, 0.5) is 5.13 Å². The summed E-state index contributed by atoms with van der Waals surface area (Å²) in [6.07, 6.45) is 6.81. The van der Waals surface area contributed by atoms with Gasteiger partial charge in [-0.1, -0.05) is 26.2 Å². The van der Waals surface area contributed by atoms with Crippen LogP contribution in [0.5, 0.6) is 0 Å². The Balaban J connectivity index is 2.01. The number of anilines is 1. The average Bonchev–Trinajstić information content (AvgIpc) is 2.67. The van der Waals surface area contributed by atoms with E-state index in [0.29, 0.717) is 0 Å². The SMILES string of the molecule is CCNCc1sc(N2CCCCCCC2)nc1C. The van der Waals surface area contributed by atoms with Crippen LogP contribution < -0.4 is 10.2 Å². The van der Waals surface area contributed by atoms with Gasteiger partial charge in [0.05, 0.1) is 5.69 Å². The Morgan fingerprint density at radius 1 is 1.17 bits per heavy atom. The largest absolute Gasteiger partial charge is 0.348 e. The summed E-state index contributed by atoms with van der Waals surface area (Å²) in [6.45, 7) is 8.65. The fourth-order valence-electron chi connectivity index (χ4n) is 2.39. The number of thiazole rings is 1. The molecule has 0 amide bonds. The van der Waals surface area contributed by atoms with Crippen molar-refractivity contribution in [3.63, 3.8) is 0 Å². The van der Waals surface area contributed by atoms with Crippen molar-refractivity contribution < 1.29 is 0 Å². The molecule has 1 aliphatic rings. The molecule has 0 spiro atoms. The minimum Gasteiger partial charge on any atom is -0.348 e. The maximum Gasteiger partial charge on any atom is 0.185 e. The van der Waals surface area contributed by atoms with Gasteiger partial charge >= 0.3 is 0 Å². The Morgan fingerprint density at radius 3 is 2.50 bits per heavy atom. The molecule has 1 fully saturated rings. The third kappa shape index (κ3) is 3.69. The normalized spacial score (nSPS) is 17.6. The van der Waals surface area contributed by atoms with Crippen molar-refractivity contribution >= 4 is 16.5 Å². The first-order valence-corrected chi connectivity index (χ1v) is 8.05. The van der Waals surface area contributed by atoms with E-state index in [9.17, 15) is 0 Å². The number of hydrogen-bond donors (Lipinski definition) is 1. The lowest BCUT2D eigenvalue weighted by atomic mass is 10.1. The van der Waals surface area contributed by atoms with Gasteiger partial charge < -0.3 is 10.2 Å².